The molecule has 0 spiro atoms. The minimum atomic E-state index is -0.256. The van der Waals surface area contributed by atoms with E-state index in [0.717, 1.165) is 24.9 Å². The maximum atomic E-state index is 13.2. The van der Waals surface area contributed by atoms with Crippen LogP contribution in [0, 0.1) is 0 Å². The molecule has 0 unspecified atom stereocenters. The molecule has 4 rings (SSSR count). The molecule has 2 aliphatic heterocycles. The van der Waals surface area contributed by atoms with Crippen molar-refractivity contribution < 1.29 is 19.0 Å². The third-order valence-corrected chi connectivity index (χ3v) is 5.26. The molecule has 3 heterocycles. The number of carbonyl (C=O) groups is 1. The maximum absolute atomic E-state index is 13.2. The quantitative estimate of drug-likeness (QED) is 0.807. The molecule has 2 aromatic rings. The third-order valence-electron chi connectivity index (χ3n) is 5.26. The van der Waals surface area contributed by atoms with E-state index in [1.54, 1.807) is 32.4 Å². The second-order valence-electron chi connectivity index (χ2n) is 6.62. The molecular formula is C20H23N3O4. The standard InChI is InChI=1S/C20H23N3O4/c1-25-15-11-13(12-16(26-2)18(15)27-3)19-22-10-6-7-14(22)20(24)23(19)17-8-4-5-9-21-17/h4-5,8-9,11-12,14,19H,6-7,10H2,1-3H3/t14-,19+/m0/s1. The Morgan fingerprint density at radius 3 is 2.41 bits per heavy atom. The molecule has 2 fully saturated rings. The first-order chi connectivity index (χ1) is 13.2. The number of fused-ring (bicyclic) bond motifs is 1. The molecule has 0 N–H and O–H groups in total. The number of carbonyl (C=O) groups excluding carboxylic acids is 1. The van der Waals surface area contributed by atoms with E-state index in [1.807, 2.05) is 30.3 Å². The number of benzene rings is 1. The van der Waals surface area contributed by atoms with Gasteiger partial charge in [0.1, 0.15) is 12.0 Å². The number of rotatable bonds is 5. The van der Waals surface area contributed by atoms with Gasteiger partial charge in [0.25, 0.3) is 0 Å². The molecule has 2 atom stereocenters. The van der Waals surface area contributed by atoms with E-state index in [-0.39, 0.29) is 18.1 Å². The molecule has 0 bridgehead atoms. The van der Waals surface area contributed by atoms with Gasteiger partial charge in [-0.1, -0.05) is 6.07 Å². The van der Waals surface area contributed by atoms with Gasteiger partial charge >= 0.3 is 0 Å². The molecule has 7 heteroatoms. The monoisotopic (exact) mass is 369 g/mol. The van der Waals surface area contributed by atoms with E-state index in [9.17, 15) is 4.79 Å². The topological polar surface area (TPSA) is 64.1 Å². The first kappa shape index (κ1) is 17.6. The zero-order chi connectivity index (χ0) is 19.0. The third kappa shape index (κ3) is 2.78. The zero-order valence-electron chi connectivity index (χ0n) is 15.7. The predicted molar refractivity (Wildman–Crippen MR) is 100 cm³/mol. The fraction of sp³-hybridized carbons (Fsp3) is 0.400. The molecular weight excluding hydrogens is 346 g/mol. The number of aromatic nitrogens is 1. The second-order valence-corrected chi connectivity index (χ2v) is 6.62. The van der Waals surface area contributed by atoms with Crippen molar-refractivity contribution in [2.75, 3.05) is 32.8 Å². The molecule has 1 amide bonds. The van der Waals surface area contributed by atoms with Gasteiger partial charge in [-0.15, -0.1) is 0 Å². The van der Waals surface area contributed by atoms with Crippen LogP contribution in [0.25, 0.3) is 0 Å². The van der Waals surface area contributed by atoms with E-state index < -0.39 is 0 Å². The van der Waals surface area contributed by atoms with Crippen LogP contribution in [0.3, 0.4) is 0 Å². The fourth-order valence-corrected chi connectivity index (χ4v) is 4.10. The summed E-state index contributed by atoms with van der Waals surface area (Å²) < 4.78 is 16.5. The Kier molecular flexibility index (Phi) is 4.61. The SMILES string of the molecule is COc1cc([C@H]2N(c3ccccn3)C(=O)[C@@H]3CCCN32)cc(OC)c1OC. The second kappa shape index (κ2) is 7.08. The van der Waals surface area contributed by atoms with E-state index in [4.69, 9.17) is 14.2 Å². The smallest absolute Gasteiger partial charge is 0.247 e. The van der Waals surface area contributed by atoms with Crippen molar-refractivity contribution in [3.05, 3.63) is 42.1 Å². The lowest BCUT2D eigenvalue weighted by Crippen LogP contribution is -2.33. The molecule has 142 valence electrons. The highest BCUT2D eigenvalue weighted by Crippen LogP contribution is 2.46. The molecule has 27 heavy (non-hydrogen) atoms. The molecule has 2 aliphatic rings. The molecule has 1 aromatic heterocycles. The normalized spacial score (nSPS) is 22.0. The average molecular weight is 369 g/mol. The van der Waals surface area contributed by atoms with Crippen molar-refractivity contribution in [2.24, 2.45) is 0 Å². The van der Waals surface area contributed by atoms with Crippen LogP contribution in [0.2, 0.25) is 0 Å². The lowest BCUT2D eigenvalue weighted by Gasteiger charge is -2.29. The Morgan fingerprint density at radius 2 is 1.81 bits per heavy atom. The number of methoxy groups -OCH3 is 3. The fourth-order valence-electron chi connectivity index (χ4n) is 4.10. The van der Waals surface area contributed by atoms with Crippen LogP contribution >= 0.6 is 0 Å². The van der Waals surface area contributed by atoms with Crippen molar-refractivity contribution in [2.45, 2.75) is 25.0 Å². The summed E-state index contributed by atoms with van der Waals surface area (Å²) in [5.74, 6) is 2.42. The van der Waals surface area contributed by atoms with E-state index in [2.05, 4.69) is 9.88 Å². The number of ether oxygens (including phenoxy) is 3. The van der Waals surface area contributed by atoms with Crippen LogP contribution in [0.5, 0.6) is 17.2 Å². The van der Waals surface area contributed by atoms with Crippen molar-refractivity contribution in [1.82, 2.24) is 9.88 Å². The van der Waals surface area contributed by atoms with Gasteiger partial charge < -0.3 is 14.2 Å². The number of nitrogens with zero attached hydrogens (tertiary/aromatic N) is 3. The van der Waals surface area contributed by atoms with Gasteiger partial charge in [0.2, 0.25) is 11.7 Å². The Bertz CT molecular complexity index is 817. The summed E-state index contributed by atoms with van der Waals surface area (Å²) in [6.07, 6.45) is 3.32. The largest absolute Gasteiger partial charge is 0.493 e. The van der Waals surface area contributed by atoms with Crippen LogP contribution in [0.15, 0.2) is 36.5 Å². The van der Waals surface area contributed by atoms with Crippen LogP contribution < -0.4 is 19.1 Å². The Hall–Kier alpha value is -2.80. The van der Waals surface area contributed by atoms with Gasteiger partial charge in [-0.2, -0.15) is 0 Å². The molecule has 0 saturated carbocycles. The summed E-state index contributed by atoms with van der Waals surface area (Å²) in [5, 5.41) is 0. The van der Waals surface area contributed by atoms with E-state index in [1.165, 1.54) is 0 Å². The minimum absolute atomic E-state index is 0.0879. The highest BCUT2D eigenvalue weighted by molar-refractivity contribution is 5.99. The highest BCUT2D eigenvalue weighted by atomic mass is 16.5. The summed E-state index contributed by atoms with van der Waals surface area (Å²) in [5.41, 5.74) is 0.910. The van der Waals surface area contributed by atoms with Gasteiger partial charge in [-0.25, -0.2) is 4.98 Å². The van der Waals surface area contributed by atoms with Gasteiger partial charge in [-0.05, 0) is 42.7 Å². The number of anilines is 1. The van der Waals surface area contributed by atoms with Crippen LogP contribution in [0.1, 0.15) is 24.6 Å². The Morgan fingerprint density at radius 1 is 1.07 bits per heavy atom. The van der Waals surface area contributed by atoms with E-state index in [0.29, 0.717) is 23.1 Å². The summed E-state index contributed by atoms with van der Waals surface area (Å²) in [6.45, 7) is 0.862. The van der Waals surface area contributed by atoms with Crippen molar-refractivity contribution in [1.29, 1.82) is 0 Å². The lowest BCUT2D eigenvalue weighted by atomic mass is 10.1. The summed E-state index contributed by atoms with van der Waals surface area (Å²) >= 11 is 0. The van der Waals surface area contributed by atoms with Crippen molar-refractivity contribution >= 4 is 11.7 Å². The molecule has 0 radical (unpaired) electrons. The van der Waals surface area contributed by atoms with Gasteiger partial charge in [0.05, 0.1) is 27.4 Å². The lowest BCUT2D eigenvalue weighted by molar-refractivity contribution is -0.119. The van der Waals surface area contributed by atoms with Crippen molar-refractivity contribution in [3.63, 3.8) is 0 Å². The number of hydrogen-bond donors (Lipinski definition) is 0. The number of pyridine rings is 1. The Labute approximate surface area is 158 Å². The zero-order valence-corrected chi connectivity index (χ0v) is 15.7. The molecule has 1 aromatic carbocycles. The van der Waals surface area contributed by atoms with Crippen LogP contribution in [-0.4, -0.2) is 49.7 Å². The highest BCUT2D eigenvalue weighted by Gasteiger charge is 2.50. The first-order valence-corrected chi connectivity index (χ1v) is 8.99. The molecule has 2 saturated heterocycles. The van der Waals surface area contributed by atoms with Gasteiger partial charge in [0, 0.05) is 12.7 Å². The molecule has 0 aliphatic carbocycles. The average Bonchev–Trinajstić information content (AvgIpc) is 3.29. The van der Waals surface area contributed by atoms with Crippen LogP contribution in [0.4, 0.5) is 5.82 Å². The summed E-state index contributed by atoms with van der Waals surface area (Å²) in [7, 11) is 4.77. The summed E-state index contributed by atoms with van der Waals surface area (Å²) in [6, 6.07) is 9.32. The van der Waals surface area contributed by atoms with Crippen LogP contribution in [-0.2, 0) is 4.79 Å². The van der Waals surface area contributed by atoms with Gasteiger partial charge in [0.15, 0.2) is 11.5 Å². The van der Waals surface area contributed by atoms with E-state index >= 15 is 0 Å². The number of hydrogen-bond acceptors (Lipinski definition) is 6. The summed E-state index contributed by atoms with van der Waals surface area (Å²) in [4.78, 5) is 21.6. The Balaban J connectivity index is 1.85. The minimum Gasteiger partial charge on any atom is -0.493 e. The number of amides is 1. The first-order valence-electron chi connectivity index (χ1n) is 8.99. The maximum Gasteiger partial charge on any atom is 0.247 e. The van der Waals surface area contributed by atoms with Gasteiger partial charge in [-0.3, -0.25) is 14.6 Å². The molecule has 7 nitrogen and oxygen atoms in total. The predicted octanol–water partition coefficient (Wildman–Crippen LogP) is 2.62. The van der Waals surface area contributed by atoms with Crippen molar-refractivity contribution in [3.8, 4) is 17.2 Å².